The van der Waals surface area contributed by atoms with Crippen LogP contribution in [0.25, 0.3) is 0 Å². The van der Waals surface area contributed by atoms with Crippen LogP contribution in [0, 0.1) is 0 Å². The number of carboxylic acids is 1. The molecular weight excluding hydrogens is 322 g/mol. The Morgan fingerprint density at radius 2 is 1.96 bits per heavy atom. The molecule has 0 aliphatic carbocycles. The van der Waals surface area contributed by atoms with E-state index in [4.69, 9.17) is 14.6 Å². The Labute approximate surface area is 147 Å². The van der Waals surface area contributed by atoms with Crippen LogP contribution in [-0.2, 0) is 25.7 Å². The van der Waals surface area contributed by atoms with Gasteiger partial charge in [0.15, 0.2) is 5.60 Å². The van der Waals surface area contributed by atoms with Crippen molar-refractivity contribution in [2.75, 3.05) is 19.8 Å². The van der Waals surface area contributed by atoms with Gasteiger partial charge in [0.25, 0.3) is 5.91 Å². The summed E-state index contributed by atoms with van der Waals surface area (Å²) in [6, 6.07) is 9.55. The Morgan fingerprint density at radius 3 is 2.64 bits per heavy atom. The molecule has 0 spiro atoms. The van der Waals surface area contributed by atoms with E-state index in [2.05, 4.69) is 0 Å². The molecule has 2 fully saturated rings. The number of rotatable bonds is 6. The van der Waals surface area contributed by atoms with E-state index in [-0.39, 0.29) is 18.4 Å². The summed E-state index contributed by atoms with van der Waals surface area (Å²) in [5, 5.41) is 9.11. The molecule has 2 aliphatic heterocycles. The first-order valence-electron chi connectivity index (χ1n) is 8.89. The van der Waals surface area contributed by atoms with Crippen molar-refractivity contribution in [1.29, 1.82) is 0 Å². The second-order valence-electron chi connectivity index (χ2n) is 6.77. The molecule has 1 atom stereocenters. The summed E-state index contributed by atoms with van der Waals surface area (Å²) in [6.07, 6.45) is 2.60. The van der Waals surface area contributed by atoms with E-state index < -0.39 is 11.6 Å². The number of hydrogen-bond acceptors (Lipinski definition) is 4. The summed E-state index contributed by atoms with van der Waals surface area (Å²) in [6.45, 7) is 1.94. The number of hydrogen-bond donors (Lipinski definition) is 1. The SMILES string of the molecule is O=C(O)CC1CCCN1C(=O)C1(OCc2ccccc2)CCOCC1. The van der Waals surface area contributed by atoms with Crippen LogP contribution in [0.15, 0.2) is 30.3 Å². The van der Waals surface area contributed by atoms with E-state index in [1.807, 2.05) is 30.3 Å². The maximum atomic E-state index is 13.3. The van der Waals surface area contributed by atoms with Crippen LogP contribution in [0.1, 0.15) is 37.7 Å². The predicted molar refractivity (Wildman–Crippen MR) is 91.0 cm³/mol. The lowest BCUT2D eigenvalue weighted by Crippen LogP contribution is -2.55. The van der Waals surface area contributed by atoms with Gasteiger partial charge in [0.2, 0.25) is 0 Å². The van der Waals surface area contributed by atoms with E-state index in [1.165, 1.54) is 0 Å². The molecule has 0 aromatic heterocycles. The van der Waals surface area contributed by atoms with E-state index in [9.17, 15) is 9.59 Å². The maximum Gasteiger partial charge on any atom is 0.305 e. The Hall–Kier alpha value is -1.92. The zero-order valence-corrected chi connectivity index (χ0v) is 14.4. The predicted octanol–water partition coefficient (Wildman–Crippen LogP) is 2.22. The molecule has 1 unspecified atom stereocenters. The molecule has 2 heterocycles. The average Bonchev–Trinajstić information content (AvgIpc) is 3.08. The third-order valence-electron chi connectivity index (χ3n) is 5.10. The number of amides is 1. The molecule has 25 heavy (non-hydrogen) atoms. The van der Waals surface area contributed by atoms with Crippen molar-refractivity contribution in [2.24, 2.45) is 0 Å². The monoisotopic (exact) mass is 347 g/mol. The first-order valence-corrected chi connectivity index (χ1v) is 8.89. The minimum Gasteiger partial charge on any atom is -0.481 e. The average molecular weight is 347 g/mol. The lowest BCUT2D eigenvalue weighted by molar-refractivity contribution is -0.175. The summed E-state index contributed by atoms with van der Waals surface area (Å²) < 4.78 is 11.6. The Bertz CT molecular complexity index is 597. The van der Waals surface area contributed by atoms with Gasteiger partial charge in [0.05, 0.1) is 13.0 Å². The van der Waals surface area contributed by atoms with Crippen LogP contribution < -0.4 is 0 Å². The highest BCUT2D eigenvalue weighted by Gasteiger charge is 2.46. The Balaban J connectivity index is 1.74. The lowest BCUT2D eigenvalue weighted by atomic mass is 9.91. The van der Waals surface area contributed by atoms with Crippen molar-refractivity contribution in [1.82, 2.24) is 4.90 Å². The summed E-state index contributed by atoms with van der Waals surface area (Å²) in [7, 11) is 0. The maximum absolute atomic E-state index is 13.3. The van der Waals surface area contributed by atoms with Crippen molar-refractivity contribution >= 4 is 11.9 Å². The first kappa shape index (κ1) is 17.9. The third kappa shape index (κ3) is 4.19. The summed E-state index contributed by atoms with van der Waals surface area (Å²) in [5.41, 5.74) is 0.111. The van der Waals surface area contributed by atoms with Crippen LogP contribution in [0.4, 0.5) is 0 Å². The standard InChI is InChI=1S/C19H25NO5/c21-17(22)13-16-7-4-10-20(16)18(23)19(8-11-24-12-9-19)25-14-15-5-2-1-3-6-15/h1-3,5-6,16H,4,7-14H2,(H,21,22). The molecule has 0 bridgehead atoms. The summed E-state index contributed by atoms with van der Waals surface area (Å²) >= 11 is 0. The molecule has 1 aromatic rings. The number of carbonyl (C=O) groups excluding carboxylic acids is 1. The normalized spacial score (nSPS) is 22.7. The molecular formula is C19H25NO5. The van der Waals surface area contributed by atoms with Crippen LogP contribution in [0.3, 0.4) is 0 Å². The van der Waals surface area contributed by atoms with Gasteiger partial charge in [-0.2, -0.15) is 0 Å². The van der Waals surface area contributed by atoms with E-state index in [0.29, 0.717) is 39.2 Å². The van der Waals surface area contributed by atoms with E-state index in [1.54, 1.807) is 4.90 Å². The van der Waals surface area contributed by atoms with Gasteiger partial charge in [-0.25, -0.2) is 0 Å². The largest absolute Gasteiger partial charge is 0.481 e. The molecule has 6 heteroatoms. The first-order chi connectivity index (χ1) is 12.1. The molecule has 136 valence electrons. The fourth-order valence-corrected chi connectivity index (χ4v) is 3.70. The summed E-state index contributed by atoms with van der Waals surface area (Å²) in [5.74, 6) is -0.939. The molecule has 2 saturated heterocycles. The highest BCUT2D eigenvalue weighted by Crippen LogP contribution is 2.32. The second-order valence-corrected chi connectivity index (χ2v) is 6.77. The molecule has 1 amide bonds. The Kier molecular flexibility index (Phi) is 5.71. The van der Waals surface area contributed by atoms with Gasteiger partial charge in [0, 0.05) is 38.6 Å². The van der Waals surface area contributed by atoms with Gasteiger partial charge < -0.3 is 19.5 Å². The molecule has 0 saturated carbocycles. The number of carbonyl (C=O) groups is 2. The third-order valence-corrected chi connectivity index (χ3v) is 5.10. The van der Waals surface area contributed by atoms with Gasteiger partial charge in [-0.1, -0.05) is 30.3 Å². The molecule has 3 rings (SSSR count). The zero-order valence-electron chi connectivity index (χ0n) is 14.4. The van der Waals surface area contributed by atoms with Gasteiger partial charge >= 0.3 is 5.97 Å². The fourth-order valence-electron chi connectivity index (χ4n) is 3.70. The smallest absolute Gasteiger partial charge is 0.305 e. The van der Waals surface area contributed by atoms with Crippen molar-refractivity contribution in [3.8, 4) is 0 Å². The number of carboxylic acid groups (broad SMARTS) is 1. The van der Waals surface area contributed by atoms with Gasteiger partial charge in [-0.05, 0) is 18.4 Å². The van der Waals surface area contributed by atoms with Crippen LogP contribution in [-0.4, -0.2) is 53.3 Å². The summed E-state index contributed by atoms with van der Waals surface area (Å²) in [4.78, 5) is 26.1. The zero-order chi connectivity index (χ0) is 17.7. The lowest BCUT2D eigenvalue weighted by Gasteiger charge is -2.40. The van der Waals surface area contributed by atoms with Gasteiger partial charge in [0.1, 0.15) is 0 Å². The van der Waals surface area contributed by atoms with Crippen molar-refractivity contribution in [2.45, 2.75) is 50.4 Å². The number of benzene rings is 1. The van der Waals surface area contributed by atoms with Crippen molar-refractivity contribution in [3.05, 3.63) is 35.9 Å². The van der Waals surface area contributed by atoms with E-state index >= 15 is 0 Å². The number of likely N-dealkylation sites (tertiary alicyclic amines) is 1. The molecule has 0 radical (unpaired) electrons. The second kappa shape index (κ2) is 7.97. The number of ether oxygens (including phenoxy) is 2. The van der Waals surface area contributed by atoms with Gasteiger partial charge in [-0.15, -0.1) is 0 Å². The van der Waals surface area contributed by atoms with Crippen LogP contribution in [0.5, 0.6) is 0 Å². The Morgan fingerprint density at radius 1 is 1.24 bits per heavy atom. The minimum atomic E-state index is -0.908. The van der Waals surface area contributed by atoms with E-state index in [0.717, 1.165) is 18.4 Å². The van der Waals surface area contributed by atoms with Crippen LogP contribution in [0.2, 0.25) is 0 Å². The van der Waals surface area contributed by atoms with Crippen LogP contribution >= 0.6 is 0 Å². The number of nitrogens with zero attached hydrogens (tertiary/aromatic N) is 1. The minimum absolute atomic E-state index is 0.00297. The fraction of sp³-hybridized carbons (Fsp3) is 0.579. The molecule has 2 aliphatic rings. The molecule has 1 aromatic carbocycles. The van der Waals surface area contributed by atoms with Crippen molar-refractivity contribution < 1.29 is 24.2 Å². The molecule has 1 N–H and O–H groups in total. The van der Waals surface area contributed by atoms with Crippen molar-refractivity contribution in [3.63, 3.8) is 0 Å². The highest BCUT2D eigenvalue weighted by molar-refractivity contribution is 5.86. The quantitative estimate of drug-likeness (QED) is 0.854. The van der Waals surface area contributed by atoms with Gasteiger partial charge in [-0.3, -0.25) is 9.59 Å². The number of aliphatic carboxylic acids is 1. The molecule has 6 nitrogen and oxygen atoms in total. The highest BCUT2D eigenvalue weighted by atomic mass is 16.5. The topological polar surface area (TPSA) is 76.1 Å².